The number of benzene rings is 11. The average Bonchev–Trinajstić information content (AvgIpc) is 3.29. The molecule has 0 aliphatic heterocycles. The van der Waals surface area contributed by atoms with E-state index in [0.717, 1.165) is 65.0 Å². The number of hydrogen-bond donors (Lipinski definition) is 0. The van der Waals surface area contributed by atoms with Crippen LogP contribution in [0.1, 0.15) is 11.0 Å². The normalized spacial score (nSPS) is 14.0. The first-order valence-electron chi connectivity index (χ1n) is 21.5. The molecule has 0 saturated carbocycles. The molecule has 0 radical (unpaired) electrons. The molecule has 0 fully saturated rings. The minimum atomic E-state index is -0.425. The average molecular weight is 665 g/mol. The van der Waals surface area contributed by atoms with Crippen LogP contribution in [0.15, 0.2) is 194 Å². The lowest BCUT2D eigenvalue weighted by molar-refractivity contribution is 1.67. The summed E-state index contributed by atoms with van der Waals surface area (Å²) in [6.07, 6.45) is 0. The third-order valence-electron chi connectivity index (χ3n) is 10.7. The molecular formula is C52H32. The van der Waals surface area contributed by atoms with Crippen molar-refractivity contribution < 1.29 is 11.0 Å². The number of rotatable bonds is 3. The molecule has 0 atom stereocenters. The highest BCUT2D eigenvalue weighted by Gasteiger charge is 2.21. The molecule has 0 heteroatoms. The first-order valence-corrected chi connectivity index (χ1v) is 17.5. The van der Waals surface area contributed by atoms with Crippen LogP contribution < -0.4 is 0 Å². The molecule has 0 nitrogen and oxygen atoms in total. The second-order valence-corrected chi connectivity index (χ2v) is 13.3. The van der Waals surface area contributed by atoms with E-state index in [4.69, 9.17) is 5.48 Å². The maximum Gasteiger partial charge on any atom is 0.0629 e. The fraction of sp³-hybridized carbons (Fsp3) is 0. The molecule has 0 amide bonds. The van der Waals surface area contributed by atoms with Gasteiger partial charge in [0.25, 0.3) is 0 Å². The predicted molar refractivity (Wildman–Crippen MR) is 225 cm³/mol. The second kappa shape index (κ2) is 11.4. The monoisotopic (exact) mass is 664 g/mol. The van der Waals surface area contributed by atoms with Gasteiger partial charge < -0.3 is 0 Å². The van der Waals surface area contributed by atoms with Gasteiger partial charge in [0.2, 0.25) is 0 Å². The zero-order valence-electron chi connectivity index (χ0n) is 35.9. The van der Waals surface area contributed by atoms with E-state index in [0.29, 0.717) is 22.3 Å². The lowest BCUT2D eigenvalue weighted by Crippen LogP contribution is -1.93. The van der Waals surface area contributed by atoms with Gasteiger partial charge in [-0.15, -0.1) is 0 Å². The van der Waals surface area contributed by atoms with E-state index in [2.05, 4.69) is 42.5 Å². The van der Waals surface area contributed by atoms with Gasteiger partial charge in [0.1, 0.15) is 0 Å². The van der Waals surface area contributed by atoms with Crippen molar-refractivity contribution in [1.29, 1.82) is 0 Å². The highest BCUT2D eigenvalue weighted by Crippen LogP contribution is 2.49. The maximum atomic E-state index is 9.65. The third-order valence-corrected chi connectivity index (χ3v) is 10.7. The highest BCUT2D eigenvalue weighted by molar-refractivity contribution is 6.29. The molecule has 0 bridgehead atoms. The molecular weight excluding hydrogens is 625 g/mol. The Kier molecular flexibility index (Phi) is 4.85. The fourth-order valence-corrected chi connectivity index (χ4v) is 8.46. The van der Waals surface area contributed by atoms with Crippen molar-refractivity contribution in [2.24, 2.45) is 0 Å². The van der Waals surface area contributed by atoms with Gasteiger partial charge in [0.05, 0.1) is 11.0 Å². The molecule has 0 spiro atoms. The largest absolute Gasteiger partial charge is 0.0629 e. The minimum Gasteiger partial charge on any atom is -0.0616 e. The molecule has 240 valence electrons. The molecule has 0 unspecified atom stereocenters. The fourth-order valence-electron chi connectivity index (χ4n) is 8.46. The Morgan fingerprint density at radius 3 is 1.35 bits per heavy atom. The molecule has 52 heavy (non-hydrogen) atoms. The lowest BCUT2D eigenvalue weighted by Gasteiger charge is -2.21. The van der Waals surface area contributed by atoms with Crippen molar-refractivity contribution in [3.63, 3.8) is 0 Å². The Morgan fingerprint density at radius 1 is 0.269 bits per heavy atom. The zero-order chi connectivity index (χ0) is 41.1. The Hall–Kier alpha value is -6.76. The molecule has 0 aliphatic rings. The van der Waals surface area contributed by atoms with Gasteiger partial charge in [-0.05, 0) is 115 Å². The molecule has 0 aliphatic carbocycles. The topological polar surface area (TPSA) is 0 Å². The smallest absolute Gasteiger partial charge is 0.0616 e. The molecule has 0 aromatic heterocycles. The van der Waals surface area contributed by atoms with Gasteiger partial charge in [0, 0.05) is 0 Å². The summed E-state index contributed by atoms with van der Waals surface area (Å²) in [5.41, 5.74) is 3.88. The summed E-state index contributed by atoms with van der Waals surface area (Å²) in [4.78, 5) is 0. The van der Waals surface area contributed by atoms with Crippen LogP contribution in [0.5, 0.6) is 0 Å². The molecule has 0 saturated heterocycles. The summed E-state index contributed by atoms with van der Waals surface area (Å²) >= 11 is 0. The Labute approximate surface area is 313 Å². The Bertz CT molecular complexity index is 3620. The maximum absolute atomic E-state index is 9.65. The van der Waals surface area contributed by atoms with Crippen LogP contribution in [0.25, 0.3) is 109 Å². The Morgan fingerprint density at radius 2 is 0.692 bits per heavy atom. The number of hydrogen-bond acceptors (Lipinski definition) is 0. The van der Waals surface area contributed by atoms with Crippen molar-refractivity contribution >= 4 is 75.4 Å². The van der Waals surface area contributed by atoms with Gasteiger partial charge in [-0.2, -0.15) is 0 Å². The molecule has 0 heterocycles. The van der Waals surface area contributed by atoms with Gasteiger partial charge in [-0.1, -0.05) is 188 Å². The number of fused-ring (bicyclic) bond motifs is 9. The first-order chi connectivity index (χ1) is 29.2. The van der Waals surface area contributed by atoms with E-state index in [1.54, 1.807) is 0 Å². The van der Waals surface area contributed by atoms with E-state index in [-0.39, 0.29) is 45.7 Å². The summed E-state index contributed by atoms with van der Waals surface area (Å²) in [5, 5.41) is 10.4. The molecule has 11 aromatic carbocycles. The Balaban J connectivity index is 1.37. The van der Waals surface area contributed by atoms with Gasteiger partial charge >= 0.3 is 0 Å². The van der Waals surface area contributed by atoms with Crippen LogP contribution in [0.2, 0.25) is 0 Å². The first kappa shape index (κ1) is 22.1. The predicted octanol–water partition coefficient (Wildman–Crippen LogP) is 14.8. The summed E-state index contributed by atoms with van der Waals surface area (Å²) in [5.74, 6) is 0. The van der Waals surface area contributed by atoms with Crippen molar-refractivity contribution in [2.45, 2.75) is 0 Å². The van der Waals surface area contributed by atoms with E-state index in [1.807, 2.05) is 103 Å². The second-order valence-electron chi connectivity index (χ2n) is 13.3. The van der Waals surface area contributed by atoms with E-state index in [9.17, 15) is 5.48 Å². The zero-order valence-corrected chi connectivity index (χ0v) is 27.9. The van der Waals surface area contributed by atoms with E-state index >= 15 is 0 Å². The van der Waals surface area contributed by atoms with E-state index < -0.39 is 24.2 Å². The summed E-state index contributed by atoms with van der Waals surface area (Å²) in [6.45, 7) is 0. The van der Waals surface area contributed by atoms with Gasteiger partial charge in [-0.3, -0.25) is 0 Å². The van der Waals surface area contributed by atoms with Crippen molar-refractivity contribution in [2.75, 3.05) is 0 Å². The highest BCUT2D eigenvalue weighted by atomic mass is 14.2. The quantitative estimate of drug-likeness (QED) is 0.130. The third kappa shape index (κ3) is 4.22. The standard InChI is InChI=1S/C52H32/c1-3-17-36-33(14-1)16-13-27-38(36)42-30-31-48(40-20-6-5-19-39(40)42)51-44-23-9-11-25-46(44)52(47-26-12-10-24-45(47)51)49-32-35-29-28-34-15-2-4-18-37(34)50(35)43-22-8-7-21-41(43)49/h1-32H/i9D,10D,11D,12D,23D,24D,25D,26D. The molecule has 11 rings (SSSR count). The van der Waals surface area contributed by atoms with Crippen LogP contribution in [-0.2, 0) is 0 Å². The lowest BCUT2D eigenvalue weighted by atomic mass is 9.82. The van der Waals surface area contributed by atoms with E-state index in [1.165, 1.54) is 0 Å². The van der Waals surface area contributed by atoms with Crippen LogP contribution in [0.3, 0.4) is 0 Å². The molecule has 0 N–H and O–H groups in total. The van der Waals surface area contributed by atoms with Crippen LogP contribution in [0.4, 0.5) is 0 Å². The SMILES string of the molecule is [2H]c1c([2H])c([2H])c2c(-c3cc4ccc5ccccc5c4c4ccccc34)c3c([2H])c([2H])c([2H])c([2H])c3c(-c3ccc(-c4cccc5ccccc45)c4ccccc34)c2c1[2H]. The summed E-state index contributed by atoms with van der Waals surface area (Å²) in [7, 11) is 0. The van der Waals surface area contributed by atoms with Crippen LogP contribution in [0, 0.1) is 0 Å². The van der Waals surface area contributed by atoms with Crippen molar-refractivity contribution in [3.8, 4) is 33.4 Å². The summed E-state index contributed by atoms with van der Waals surface area (Å²) in [6, 6.07) is 45.6. The minimum absolute atomic E-state index is 0.194. The van der Waals surface area contributed by atoms with Gasteiger partial charge in [0.15, 0.2) is 0 Å². The van der Waals surface area contributed by atoms with Crippen molar-refractivity contribution in [3.05, 3.63) is 194 Å². The van der Waals surface area contributed by atoms with Gasteiger partial charge in [-0.25, -0.2) is 0 Å². The molecule has 11 aromatic rings. The summed E-state index contributed by atoms with van der Waals surface area (Å²) < 4.78 is 74.8. The van der Waals surface area contributed by atoms with Crippen LogP contribution in [-0.4, -0.2) is 0 Å². The van der Waals surface area contributed by atoms with Crippen LogP contribution >= 0.6 is 0 Å². The van der Waals surface area contributed by atoms with Crippen molar-refractivity contribution in [1.82, 2.24) is 0 Å².